The van der Waals surface area contributed by atoms with Crippen LogP contribution in [0.15, 0.2) is 0 Å². The average Bonchev–Trinajstić information content (AvgIpc) is 2.38. The van der Waals surface area contributed by atoms with Crippen molar-refractivity contribution < 1.29 is 23.8 Å². The number of carbonyl (C=O) groups excluding carboxylic acids is 2. The number of hydrogen-bond acceptors (Lipinski definition) is 5. The van der Waals surface area contributed by atoms with E-state index in [1.54, 1.807) is 34.8 Å². The highest BCUT2D eigenvalue weighted by Crippen LogP contribution is 2.38. The molecule has 0 aromatic heterocycles. The number of hydrogen-bond donors (Lipinski definition) is 0. The molecule has 0 N–H and O–H groups in total. The summed E-state index contributed by atoms with van der Waals surface area (Å²) in [5.41, 5.74) is -1.46. The molecule has 0 aliphatic heterocycles. The van der Waals surface area contributed by atoms with Gasteiger partial charge < -0.3 is 14.2 Å². The average molecular weight is 302 g/mol. The molecule has 0 radical (unpaired) electrons. The maximum atomic E-state index is 12.4. The molecule has 5 heteroatoms. The minimum atomic E-state index is -0.732. The van der Waals surface area contributed by atoms with Crippen molar-refractivity contribution in [3.8, 4) is 0 Å². The lowest BCUT2D eigenvalue weighted by Gasteiger charge is -2.34. The summed E-state index contributed by atoms with van der Waals surface area (Å²) in [4.78, 5) is 24.4. The monoisotopic (exact) mass is 302 g/mol. The van der Waals surface area contributed by atoms with Gasteiger partial charge in [-0.15, -0.1) is 0 Å². The van der Waals surface area contributed by atoms with E-state index in [-0.39, 0.29) is 18.0 Å². The van der Waals surface area contributed by atoms with Crippen molar-refractivity contribution in [3.63, 3.8) is 0 Å². The van der Waals surface area contributed by atoms with Crippen LogP contribution < -0.4 is 0 Å². The Balaban J connectivity index is 4.93. The van der Waals surface area contributed by atoms with Crippen LogP contribution in [0.1, 0.15) is 54.4 Å². The zero-order chi connectivity index (χ0) is 16.7. The Bertz CT molecular complexity index is 351. The van der Waals surface area contributed by atoms with Crippen LogP contribution in [0.5, 0.6) is 0 Å². The number of rotatable bonds is 9. The van der Waals surface area contributed by atoms with Crippen molar-refractivity contribution in [1.82, 2.24) is 0 Å². The fourth-order valence-electron chi connectivity index (χ4n) is 2.31. The lowest BCUT2D eigenvalue weighted by atomic mass is 9.72. The summed E-state index contributed by atoms with van der Waals surface area (Å²) in [6, 6.07) is 0. The normalized spacial score (nSPS) is 16.0. The third kappa shape index (κ3) is 6.04. The standard InChI is InChI=1S/C16H30O5/c1-8-16(6,14(18)21-12(3)10-19-7)11-15(4,5)13(17)20-9-2/h12H,8-11H2,1-7H3. The van der Waals surface area contributed by atoms with E-state index in [1.165, 1.54) is 0 Å². The van der Waals surface area contributed by atoms with E-state index in [2.05, 4.69) is 0 Å². The molecule has 5 nitrogen and oxygen atoms in total. The van der Waals surface area contributed by atoms with Crippen LogP contribution in [0.25, 0.3) is 0 Å². The van der Waals surface area contributed by atoms with Gasteiger partial charge in [0.2, 0.25) is 0 Å². The van der Waals surface area contributed by atoms with Crippen molar-refractivity contribution >= 4 is 11.9 Å². The van der Waals surface area contributed by atoms with Crippen LogP contribution in [0, 0.1) is 10.8 Å². The first kappa shape index (κ1) is 19.9. The molecule has 0 amide bonds. The van der Waals surface area contributed by atoms with Crippen LogP contribution in [0.2, 0.25) is 0 Å². The molecule has 21 heavy (non-hydrogen) atoms. The molecular weight excluding hydrogens is 272 g/mol. The van der Waals surface area contributed by atoms with E-state index in [4.69, 9.17) is 14.2 Å². The van der Waals surface area contributed by atoms with Crippen molar-refractivity contribution in [1.29, 1.82) is 0 Å². The Kier molecular flexibility index (Phi) is 7.93. The fraction of sp³-hybridized carbons (Fsp3) is 0.875. The Morgan fingerprint density at radius 1 is 1.10 bits per heavy atom. The van der Waals surface area contributed by atoms with Gasteiger partial charge in [0.15, 0.2) is 0 Å². The highest BCUT2D eigenvalue weighted by molar-refractivity contribution is 5.80. The van der Waals surface area contributed by atoms with Crippen molar-refractivity contribution in [2.45, 2.75) is 60.5 Å². The van der Waals surface area contributed by atoms with Crippen LogP contribution in [-0.4, -0.2) is 38.4 Å². The number of carbonyl (C=O) groups is 2. The zero-order valence-corrected chi connectivity index (χ0v) is 14.4. The van der Waals surface area contributed by atoms with Crippen LogP contribution in [0.4, 0.5) is 0 Å². The van der Waals surface area contributed by atoms with Gasteiger partial charge in [0, 0.05) is 7.11 Å². The molecule has 0 rings (SSSR count). The summed E-state index contributed by atoms with van der Waals surface area (Å²) in [6.45, 7) is 11.6. The second-order valence-electron chi connectivity index (χ2n) is 6.37. The molecule has 0 saturated carbocycles. The molecule has 0 saturated heterocycles. The van der Waals surface area contributed by atoms with Gasteiger partial charge in [0.05, 0.1) is 24.0 Å². The Morgan fingerprint density at radius 3 is 2.10 bits per heavy atom. The quantitative estimate of drug-likeness (QED) is 0.613. The van der Waals surface area contributed by atoms with E-state index in [0.717, 1.165) is 0 Å². The maximum absolute atomic E-state index is 12.4. The summed E-state index contributed by atoms with van der Waals surface area (Å²) in [5.74, 6) is -0.589. The second-order valence-corrected chi connectivity index (χ2v) is 6.37. The highest BCUT2D eigenvalue weighted by Gasteiger charge is 2.43. The van der Waals surface area contributed by atoms with Crippen LogP contribution in [0.3, 0.4) is 0 Å². The van der Waals surface area contributed by atoms with Crippen molar-refractivity contribution in [2.75, 3.05) is 20.3 Å². The smallest absolute Gasteiger partial charge is 0.312 e. The van der Waals surface area contributed by atoms with Gasteiger partial charge in [0.1, 0.15) is 6.10 Å². The van der Waals surface area contributed by atoms with Crippen molar-refractivity contribution in [2.24, 2.45) is 10.8 Å². The minimum absolute atomic E-state index is 0.289. The summed E-state index contributed by atoms with van der Waals surface area (Å²) in [6.07, 6.45) is 0.668. The van der Waals surface area contributed by atoms with E-state index in [0.29, 0.717) is 26.1 Å². The fourth-order valence-corrected chi connectivity index (χ4v) is 2.31. The predicted octanol–water partition coefficient (Wildman–Crippen LogP) is 2.96. The summed E-state index contributed by atoms with van der Waals surface area (Å²) >= 11 is 0. The molecule has 0 aliphatic carbocycles. The van der Waals surface area contributed by atoms with Crippen molar-refractivity contribution in [3.05, 3.63) is 0 Å². The van der Waals surface area contributed by atoms with Gasteiger partial charge >= 0.3 is 11.9 Å². The van der Waals surface area contributed by atoms with Crippen LogP contribution in [-0.2, 0) is 23.8 Å². The number of methoxy groups -OCH3 is 1. The van der Waals surface area contributed by atoms with Crippen LogP contribution >= 0.6 is 0 Å². The molecule has 0 aromatic rings. The van der Waals surface area contributed by atoms with E-state index < -0.39 is 10.8 Å². The first-order valence-corrected chi connectivity index (χ1v) is 7.50. The van der Waals surface area contributed by atoms with Gasteiger partial charge in [-0.1, -0.05) is 6.92 Å². The second kappa shape index (κ2) is 8.37. The predicted molar refractivity (Wildman–Crippen MR) is 80.9 cm³/mol. The topological polar surface area (TPSA) is 61.8 Å². The SMILES string of the molecule is CCOC(=O)C(C)(C)CC(C)(CC)C(=O)OC(C)COC. The molecule has 0 aliphatic rings. The van der Waals surface area contributed by atoms with Gasteiger partial charge in [-0.05, 0) is 47.5 Å². The minimum Gasteiger partial charge on any atom is -0.466 e. The first-order valence-electron chi connectivity index (χ1n) is 7.50. The summed E-state index contributed by atoms with van der Waals surface area (Å²) < 4.78 is 15.5. The highest BCUT2D eigenvalue weighted by atomic mass is 16.6. The third-order valence-electron chi connectivity index (χ3n) is 3.64. The molecule has 0 bridgehead atoms. The number of esters is 2. The lowest BCUT2D eigenvalue weighted by Crippen LogP contribution is -2.40. The van der Waals surface area contributed by atoms with E-state index in [1.807, 2.05) is 13.8 Å². The molecular formula is C16H30O5. The first-order chi connectivity index (χ1) is 9.62. The molecule has 2 unspecified atom stereocenters. The molecule has 0 aromatic carbocycles. The maximum Gasteiger partial charge on any atom is 0.312 e. The Labute approximate surface area is 128 Å². The van der Waals surface area contributed by atoms with Gasteiger partial charge in [-0.2, -0.15) is 0 Å². The lowest BCUT2D eigenvalue weighted by molar-refractivity contribution is -0.167. The molecule has 124 valence electrons. The molecule has 0 fully saturated rings. The van der Waals surface area contributed by atoms with Gasteiger partial charge in [0.25, 0.3) is 0 Å². The molecule has 0 spiro atoms. The number of ether oxygens (including phenoxy) is 3. The largest absolute Gasteiger partial charge is 0.466 e. The Morgan fingerprint density at radius 2 is 1.67 bits per heavy atom. The summed E-state index contributed by atoms with van der Waals surface area (Å²) in [7, 11) is 1.56. The zero-order valence-electron chi connectivity index (χ0n) is 14.4. The van der Waals surface area contributed by atoms with Gasteiger partial charge in [-0.25, -0.2) is 0 Å². The third-order valence-corrected chi connectivity index (χ3v) is 3.64. The van der Waals surface area contributed by atoms with E-state index in [9.17, 15) is 9.59 Å². The molecule has 0 heterocycles. The summed E-state index contributed by atoms with van der Waals surface area (Å²) in [5, 5.41) is 0. The van der Waals surface area contributed by atoms with E-state index >= 15 is 0 Å². The van der Waals surface area contributed by atoms with Gasteiger partial charge in [-0.3, -0.25) is 9.59 Å². The Hall–Kier alpha value is -1.10. The molecule has 2 atom stereocenters.